The highest BCUT2D eigenvalue weighted by atomic mass is 19.1. The molecule has 1 aliphatic rings. The number of halogens is 1. The molecule has 0 saturated carbocycles. The Hall–Kier alpha value is -3.43. The van der Waals surface area contributed by atoms with Crippen LogP contribution in [-0.4, -0.2) is 66.1 Å². The van der Waals surface area contributed by atoms with Crippen LogP contribution in [0.1, 0.15) is 24.3 Å². The van der Waals surface area contributed by atoms with E-state index in [4.69, 9.17) is 9.47 Å². The Kier molecular flexibility index (Phi) is 6.65. The summed E-state index contributed by atoms with van der Waals surface area (Å²) in [6.45, 7) is 5.39. The molecule has 1 aromatic heterocycles. The van der Waals surface area contributed by atoms with Crippen molar-refractivity contribution in [3.63, 3.8) is 0 Å². The lowest BCUT2D eigenvalue weighted by Crippen LogP contribution is -2.49. The number of esters is 1. The van der Waals surface area contributed by atoms with Gasteiger partial charge in [0.2, 0.25) is 0 Å². The molecular weight excluding hydrogens is 395 g/mol. The Labute approximate surface area is 172 Å². The summed E-state index contributed by atoms with van der Waals surface area (Å²) in [4.78, 5) is 40.5. The molecule has 0 unspecified atom stereocenters. The minimum absolute atomic E-state index is 0.0228. The van der Waals surface area contributed by atoms with Gasteiger partial charge in [-0.05, 0) is 38.1 Å². The van der Waals surface area contributed by atoms with Crippen molar-refractivity contribution < 1.29 is 23.5 Å². The normalized spacial score (nSPS) is 13.8. The first kappa shape index (κ1) is 21.3. The lowest BCUT2D eigenvalue weighted by molar-refractivity contribution is 0.0517. The fraction of sp³-hybridized carbons (Fsp3) is 0.400. The largest absolute Gasteiger partial charge is 0.461 e. The van der Waals surface area contributed by atoms with Crippen LogP contribution in [-0.2, 0) is 9.47 Å². The van der Waals surface area contributed by atoms with Crippen molar-refractivity contribution in [3.05, 3.63) is 52.2 Å². The molecule has 0 spiro atoms. The van der Waals surface area contributed by atoms with Gasteiger partial charge in [0.15, 0.2) is 5.69 Å². The molecule has 1 amide bonds. The first-order valence-electron chi connectivity index (χ1n) is 9.68. The van der Waals surface area contributed by atoms with E-state index >= 15 is 0 Å². The van der Waals surface area contributed by atoms with E-state index in [1.807, 2.05) is 4.90 Å². The van der Waals surface area contributed by atoms with Crippen LogP contribution >= 0.6 is 0 Å². The van der Waals surface area contributed by atoms with E-state index < -0.39 is 23.4 Å². The summed E-state index contributed by atoms with van der Waals surface area (Å²) >= 11 is 0. The molecule has 1 aromatic carbocycles. The van der Waals surface area contributed by atoms with Crippen molar-refractivity contribution in [3.8, 4) is 5.69 Å². The summed E-state index contributed by atoms with van der Waals surface area (Å²) in [6.07, 6.45) is -0.396. The summed E-state index contributed by atoms with van der Waals surface area (Å²) in [5.41, 5.74) is 0.161. The van der Waals surface area contributed by atoms with Crippen molar-refractivity contribution in [2.75, 3.05) is 44.3 Å². The van der Waals surface area contributed by atoms with Gasteiger partial charge in [0.1, 0.15) is 5.82 Å². The van der Waals surface area contributed by atoms with Gasteiger partial charge in [-0.15, -0.1) is 0 Å². The van der Waals surface area contributed by atoms with E-state index in [0.29, 0.717) is 37.6 Å². The lowest BCUT2D eigenvalue weighted by Gasteiger charge is -2.35. The molecule has 0 atom stereocenters. The van der Waals surface area contributed by atoms with Crippen LogP contribution in [0.4, 0.5) is 14.9 Å². The molecular formula is C20H23FN4O5. The van der Waals surface area contributed by atoms with Crippen LogP contribution in [0.2, 0.25) is 0 Å². The molecule has 160 valence electrons. The third kappa shape index (κ3) is 4.58. The van der Waals surface area contributed by atoms with Crippen molar-refractivity contribution in [2.45, 2.75) is 13.8 Å². The van der Waals surface area contributed by atoms with Gasteiger partial charge in [0.05, 0.1) is 24.6 Å². The molecule has 10 heteroatoms. The number of carbonyl (C=O) groups excluding carboxylic acids is 2. The summed E-state index contributed by atoms with van der Waals surface area (Å²) < 4.78 is 24.4. The monoisotopic (exact) mass is 418 g/mol. The molecule has 9 nitrogen and oxygen atoms in total. The zero-order chi connectivity index (χ0) is 21.7. The average Bonchev–Trinajstić information content (AvgIpc) is 2.75. The number of hydrogen-bond donors (Lipinski definition) is 0. The fourth-order valence-corrected chi connectivity index (χ4v) is 3.14. The third-order valence-corrected chi connectivity index (χ3v) is 4.60. The number of amides is 1. The zero-order valence-corrected chi connectivity index (χ0v) is 16.8. The molecule has 1 aliphatic heterocycles. The highest BCUT2D eigenvalue weighted by molar-refractivity contribution is 5.93. The second-order valence-electron chi connectivity index (χ2n) is 6.50. The van der Waals surface area contributed by atoms with Crippen LogP contribution in [0.5, 0.6) is 0 Å². The van der Waals surface area contributed by atoms with E-state index in [1.54, 1.807) is 18.7 Å². The van der Waals surface area contributed by atoms with Crippen LogP contribution in [0.15, 0.2) is 35.1 Å². The Morgan fingerprint density at radius 2 is 1.67 bits per heavy atom. The molecule has 1 saturated heterocycles. The molecule has 30 heavy (non-hydrogen) atoms. The molecule has 0 N–H and O–H groups in total. The van der Waals surface area contributed by atoms with Crippen molar-refractivity contribution >= 4 is 17.7 Å². The molecule has 0 bridgehead atoms. The number of nitrogens with zero attached hydrogens (tertiary/aromatic N) is 4. The lowest BCUT2D eigenvalue weighted by atomic mass is 10.2. The van der Waals surface area contributed by atoms with Crippen LogP contribution in [0.3, 0.4) is 0 Å². The van der Waals surface area contributed by atoms with E-state index in [-0.39, 0.29) is 18.9 Å². The Bertz CT molecular complexity index is 968. The second-order valence-corrected chi connectivity index (χ2v) is 6.50. The fourth-order valence-electron chi connectivity index (χ4n) is 3.14. The van der Waals surface area contributed by atoms with Crippen LogP contribution in [0, 0.1) is 5.82 Å². The van der Waals surface area contributed by atoms with Gasteiger partial charge in [-0.3, -0.25) is 4.79 Å². The predicted molar refractivity (Wildman–Crippen MR) is 107 cm³/mol. The minimum atomic E-state index is -0.670. The van der Waals surface area contributed by atoms with E-state index in [2.05, 4.69) is 5.10 Å². The zero-order valence-electron chi connectivity index (χ0n) is 16.8. The highest BCUT2D eigenvalue weighted by Crippen LogP contribution is 2.21. The maximum atomic E-state index is 13.2. The summed E-state index contributed by atoms with van der Waals surface area (Å²) in [5, 5.41) is 4.21. The van der Waals surface area contributed by atoms with Crippen LogP contribution in [0.25, 0.3) is 5.69 Å². The van der Waals surface area contributed by atoms with Gasteiger partial charge in [-0.25, -0.2) is 14.0 Å². The van der Waals surface area contributed by atoms with Gasteiger partial charge in [0.25, 0.3) is 5.56 Å². The number of piperazine rings is 1. The van der Waals surface area contributed by atoms with Crippen molar-refractivity contribution in [2.24, 2.45) is 0 Å². The predicted octanol–water partition coefficient (Wildman–Crippen LogP) is 1.83. The van der Waals surface area contributed by atoms with Gasteiger partial charge in [-0.1, -0.05) is 0 Å². The summed E-state index contributed by atoms with van der Waals surface area (Å²) in [7, 11) is 0. The van der Waals surface area contributed by atoms with E-state index in [9.17, 15) is 18.8 Å². The first-order valence-corrected chi connectivity index (χ1v) is 9.68. The first-order chi connectivity index (χ1) is 14.4. The van der Waals surface area contributed by atoms with Crippen LogP contribution < -0.4 is 10.5 Å². The van der Waals surface area contributed by atoms with Crippen molar-refractivity contribution in [1.82, 2.24) is 14.7 Å². The number of aromatic nitrogens is 2. The Morgan fingerprint density at radius 1 is 1.03 bits per heavy atom. The summed E-state index contributed by atoms with van der Waals surface area (Å²) in [5.74, 6) is -1.12. The van der Waals surface area contributed by atoms with Gasteiger partial charge >= 0.3 is 12.1 Å². The maximum Gasteiger partial charge on any atom is 0.409 e. The molecule has 2 heterocycles. The van der Waals surface area contributed by atoms with Gasteiger partial charge in [-0.2, -0.15) is 9.78 Å². The van der Waals surface area contributed by atoms with Gasteiger partial charge in [0, 0.05) is 32.2 Å². The quantitative estimate of drug-likeness (QED) is 0.684. The Balaban J connectivity index is 1.93. The standard InChI is InChI=1S/C20H23FN4O5/c1-3-29-19(27)18-16(23-9-11-24(12-10-23)20(28)30-4-2)13-17(26)25(22-18)15-7-5-14(21)6-8-15/h5-8,13H,3-4,9-12H2,1-2H3. The van der Waals surface area contributed by atoms with E-state index in [1.165, 1.54) is 30.3 Å². The third-order valence-electron chi connectivity index (χ3n) is 4.60. The number of carbonyl (C=O) groups is 2. The number of hydrogen-bond acceptors (Lipinski definition) is 7. The number of rotatable bonds is 5. The molecule has 1 fully saturated rings. The Morgan fingerprint density at radius 3 is 2.27 bits per heavy atom. The number of anilines is 1. The van der Waals surface area contributed by atoms with E-state index in [0.717, 1.165) is 4.68 Å². The van der Waals surface area contributed by atoms with Gasteiger partial charge < -0.3 is 19.3 Å². The molecule has 0 aliphatic carbocycles. The highest BCUT2D eigenvalue weighted by Gasteiger charge is 2.27. The maximum absolute atomic E-state index is 13.2. The topological polar surface area (TPSA) is 94.0 Å². The average molecular weight is 418 g/mol. The number of benzene rings is 1. The van der Waals surface area contributed by atoms with Crippen molar-refractivity contribution in [1.29, 1.82) is 0 Å². The number of ether oxygens (including phenoxy) is 2. The summed E-state index contributed by atoms with van der Waals surface area (Å²) in [6, 6.07) is 6.52. The minimum Gasteiger partial charge on any atom is -0.461 e. The second kappa shape index (κ2) is 9.38. The molecule has 3 rings (SSSR count). The molecule has 0 radical (unpaired) electrons. The smallest absolute Gasteiger partial charge is 0.409 e. The SMILES string of the molecule is CCOC(=O)c1nn(-c2ccc(F)cc2)c(=O)cc1N1CCN(C(=O)OCC)CC1. The molecule has 2 aromatic rings.